The predicted octanol–water partition coefficient (Wildman–Crippen LogP) is 12.9. The van der Waals surface area contributed by atoms with E-state index < -0.39 is 67.4 Å². The SMILES string of the molecule is CC/C=C\C/C=C\C/C=C\C/C=C\C/C=C\CCCCCC(=O)OC1C(OCC(NC(=O)C(O)CCCCC/C=C/C/C=C/C/C=C/CC)C(O)/C=C/CCCCCCCCCCCC)OC(CO)C(O)C1O. The monoisotopic (exact) mass is 1020 g/mol. The zero-order valence-electron chi connectivity index (χ0n) is 45.7. The van der Waals surface area contributed by atoms with E-state index in [1.54, 1.807) is 6.08 Å². The number of nitrogens with one attached hydrogen (secondary N) is 1. The molecule has 0 aromatic carbocycles. The molecule has 1 amide bonds. The van der Waals surface area contributed by atoms with Crippen LogP contribution >= 0.6 is 0 Å². The van der Waals surface area contributed by atoms with E-state index in [1.165, 1.54) is 44.9 Å². The number of hydrogen-bond donors (Lipinski definition) is 6. The Morgan fingerprint density at radius 2 is 0.986 bits per heavy atom. The second kappa shape index (κ2) is 49.2. The molecule has 0 aromatic heterocycles. The van der Waals surface area contributed by atoms with Crippen molar-refractivity contribution >= 4 is 11.9 Å². The van der Waals surface area contributed by atoms with Crippen molar-refractivity contribution in [2.75, 3.05) is 13.2 Å². The lowest BCUT2D eigenvalue weighted by Gasteiger charge is -2.41. The molecule has 1 fully saturated rings. The first kappa shape index (κ1) is 67.3. The van der Waals surface area contributed by atoms with Crippen molar-refractivity contribution in [1.29, 1.82) is 0 Å². The van der Waals surface area contributed by atoms with Crippen LogP contribution in [0, 0.1) is 0 Å². The highest BCUT2D eigenvalue weighted by atomic mass is 16.7. The van der Waals surface area contributed by atoms with E-state index in [-0.39, 0.29) is 19.4 Å². The van der Waals surface area contributed by atoms with Crippen LogP contribution in [0.3, 0.4) is 0 Å². The molecular formula is C62H103NO10. The molecule has 11 nitrogen and oxygen atoms in total. The van der Waals surface area contributed by atoms with Gasteiger partial charge in [-0.15, -0.1) is 0 Å². The normalized spacial score (nSPS) is 20.2. The molecule has 0 aliphatic carbocycles. The number of unbranched alkanes of at least 4 members (excludes halogenated alkanes) is 16. The molecular weight excluding hydrogens is 919 g/mol. The standard InChI is InChI=1S/C62H103NO10/c1-4-7-10-13-16-19-22-25-26-27-28-29-30-32-35-38-41-44-47-50-57(67)73-60-59(69)58(68)56(51-64)72-62(60)71-52-53(54(65)48-45-42-39-36-33-24-21-18-15-12-9-6-3)63-61(70)55(66)49-46-43-40-37-34-31-23-20-17-14-11-8-5-2/h7-8,10-11,16-17,19-20,25-26,28-29,31-32,34-35,45,48,53-56,58-60,62,64-66,68-69H,4-6,9,12-15,18,21-24,27,30,33,36-44,46-47,49-52H2,1-3H3,(H,63,70)/b10-7-,11-8+,19-16-,20-17+,26-25-,29-28-,34-31+,35-32-,48-45+. The zero-order chi connectivity index (χ0) is 53.3. The smallest absolute Gasteiger partial charge is 0.306 e. The number of carbonyl (C=O) groups excluding carboxylic acids is 2. The van der Waals surface area contributed by atoms with Gasteiger partial charge in [-0.1, -0.05) is 207 Å². The van der Waals surface area contributed by atoms with Gasteiger partial charge in [0.05, 0.1) is 25.4 Å². The Kier molecular flexibility index (Phi) is 45.4. The Bertz CT molecular complexity index is 1600. The molecule has 8 atom stereocenters. The predicted molar refractivity (Wildman–Crippen MR) is 301 cm³/mol. The molecule has 1 rings (SSSR count). The highest BCUT2D eigenvalue weighted by Gasteiger charge is 2.47. The third kappa shape index (κ3) is 37.7. The number of rotatable bonds is 46. The average molecular weight is 1020 g/mol. The summed E-state index contributed by atoms with van der Waals surface area (Å²) < 4.78 is 17.5. The summed E-state index contributed by atoms with van der Waals surface area (Å²) in [5, 5.41) is 56.8. The maximum absolute atomic E-state index is 13.4. The summed E-state index contributed by atoms with van der Waals surface area (Å²) in [4.78, 5) is 26.4. The van der Waals surface area contributed by atoms with Gasteiger partial charge in [0.2, 0.25) is 5.91 Å². The van der Waals surface area contributed by atoms with Crippen molar-refractivity contribution in [3.8, 4) is 0 Å². The minimum atomic E-state index is -1.64. The number of amides is 1. The fourth-order valence-electron chi connectivity index (χ4n) is 8.16. The molecule has 6 N–H and O–H groups in total. The summed E-state index contributed by atoms with van der Waals surface area (Å²) in [6.45, 7) is 5.49. The second-order valence-corrected chi connectivity index (χ2v) is 19.3. The fraction of sp³-hybridized carbons (Fsp3) is 0.677. The lowest BCUT2D eigenvalue weighted by Crippen LogP contribution is -2.61. The van der Waals surface area contributed by atoms with Gasteiger partial charge in [0, 0.05) is 6.42 Å². The molecule has 1 aliphatic heterocycles. The Balaban J connectivity index is 2.76. The van der Waals surface area contributed by atoms with Crippen LogP contribution in [0.5, 0.6) is 0 Å². The Hall–Kier alpha value is -3.68. The number of aliphatic hydroxyl groups is 5. The maximum Gasteiger partial charge on any atom is 0.306 e. The van der Waals surface area contributed by atoms with Crippen LogP contribution in [-0.2, 0) is 23.8 Å². The lowest BCUT2D eigenvalue weighted by atomic mass is 9.99. The fourth-order valence-corrected chi connectivity index (χ4v) is 8.16. The third-order valence-electron chi connectivity index (χ3n) is 12.7. The van der Waals surface area contributed by atoms with Gasteiger partial charge in [0.15, 0.2) is 12.4 Å². The zero-order valence-corrected chi connectivity index (χ0v) is 45.7. The summed E-state index contributed by atoms with van der Waals surface area (Å²) in [5.41, 5.74) is 0. The maximum atomic E-state index is 13.4. The van der Waals surface area contributed by atoms with E-state index >= 15 is 0 Å². The summed E-state index contributed by atoms with van der Waals surface area (Å²) in [5.74, 6) is -1.26. The molecule has 0 aromatic rings. The van der Waals surface area contributed by atoms with Gasteiger partial charge in [-0.05, 0) is 103 Å². The number of carbonyl (C=O) groups is 2. The van der Waals surface area contributed by atoms with E-state index in [9.17, 15) is 35.1 Å². The minimum Gasteiger partial charge on any atom is -0.454 e. The largest absolute Gasteiger partial charge is 0.454 e. The Labute approximate surface area is 443 Å². The molecule has 0 spiro atoms. The van der Waals surface area contributed by atoms with Crippen LogP contribution in [0.4, 0.5) is 0 Å². The first-order chi connectivity index (χ1) is 35.7. The molecule has 1 heterocycles. The Morgan fingerprint density at radius 1 is 0.548 bits per heavy atom. The molecule has 416 valence electrons. The van der Waals surface area contributed by atoms with Crippen molar-refractivity contribution in [1.82, 2.24) is 5.32 Å². The Morgan fingerprint density at radius 3 is 1.48 bits per heavy atom. The van der Waals surface area contributed by atoms with Gasteiger partial charge >= 0.3 is 5.97 Å². The van der Waals surface area contributed by atoms with Crippen LogP contribution in [0.15, 0.2) is 109 Å². The van der Waals surface area contributed by atoms with Gasteiger partial charge < -0.3 is 45.1 Å². The molecule has 0 saturated carbocycles. The van der Waals surface area contributed by atoms with Crippen LogP contribution in [0.2, 0.25) is 0 Å². The highest BCUT2D eigenvalue weighted by molar-refractivity contribution is 5.80. The summed E-state index contributed by atoms with van der Waals surface area (Å²) in [7, 11) is 0. The molecule has 11 heteroatoms. The van der Waals surface area contributed by atoms with Crippen molar-refractivity contribution in [2.24, 2.45) is 0 Å². The summed E-state index contributed by atoms with van der Waals surface area (Å²) >= 11 is 0. The first-order valence-corrected chi connectivity index (χ1v) is 28.7. The molecule has 1 saturated heterocycles. The van der Waals surface area contributed by atoms with Crippen LogP contribution < -0.4 is 5.32 Å². The van der Waals surface area contributed by atoms with Gasteiger partial charge in [0.1, 0.15) is 24.4 Å². The van der Waals surface area contributed by atoms with Crippen molar-refractivity contribution < 1.29 is 49.3 Å². The number of esters is 1. The van der Waals surface area contributed by atoms with Gasteiger partial charge in [0.25, 0.3) is 0 Å². The summed E-state index contributed by atoms with van der Waals surface area (Å²) in [6, 6.07) is -1.05. The van der Waals surface area contributed by atoms with E-state index in [0.717, 1.165) is 116 Å². The quantitative estimate of drug-likeness (QED) is 0.0196. The molecule has 0 radical (unpaired) electrons. The average Bonchev–Trinajstić information content (AvgIpc) is 3.39. The van der Waals surface area contributed by atoms with Crippen LogP contribution in [0.25, 0.3) is 0 Å². The molecule has 73 heavy (non-hydrogen) atoms. The van der Waals surface area contributed by atoms with Crippen LogP contribution in [0.1, 0.15) is 207 Å². The number of aliphatic hydroxyl groups excluding tert-OH is 5. The van der Waals surface area contributed by atoms with Gasteiger partial charge in [-0.2, -0.15) is 0 Å². The van der Waals surface area contributed by atoms with E-state index in [1.807, 2.05) is 6.08 Å². The van der Waals surface area contributed by atoms with Gasteiger partial charge in [-0.3, -0.25) is 9.59 Å². The van der Waals surface area contributed by atoms with E-state index in [4.69, 9.17) is 14.2 Å². The van der Waals surface area contributed by atoms with E-state index in [0.29, 0.717) is 12.8 Å². The number of allylic oxidation sites excluding steroid dienone is 17. The van der Waals surface area contributed by atoms with Crippen molar-refractivity contribution in [3.05, 3.63) is 109 Å². The first-order valence-electron chi connectivity index (χ1n) is 28.7. The van der Waals surface area contributed by atoms with Crippen molar-refractivity contribution in [2.45, 2.75) is 256 Å². The van der Waals surface area contributed by atoms with Crippen molar-refractivity contribution in [3.63, 3.8) is 0 Å². The second-order valence-electron chi connectivity index (χ2n) is 19.3. The summed E-state index contributed by atoms with van der Waals surface area (Å²) in [6.07, 6.45) is 55.6. The lowest BCUT2D eigenvalue weighted by molar-refractivity contribution is -0.305. The highest BCUT2D eigenvalue weighted by Crippen LogP contribution is 2.26. The van der Waals surface area contributed by atoms with Crippen LogP contribution in [-0.4, -0.2) is 99.6 Å². The molecule has 8 unspecified atom stereocenters. The minimum absolute atomic E-state index is 0.0754. The van der Waals surface area contributed by atoms with Gasteiger partial charge in [-0.25, -0.2) is 0 Å². The third-order valence-corrected chi connectivity index (χ3v) is 12.7. The van der Waals surface area contributed by atoms with E-state index in [2.05, 4.69) is 123 Å². The number of hydrogen-bond acceptors (Lipinski definition) is 10. The molecule has 1 aliphatic rings. The number of ether oxygens (including phenoxy) is 3. The molecule has 0 bridgehead atoms. The topological polar surface area (TPSA) is 175 Å².